The number of aromatic nitrogens is 3. The summed E-state index contributed by atoms with van der Waals surface area (Å²) in [6.45, 7) is 6.28. The Kier molecular flexibility index (Phi) is 6.16. The first kappa shape index (κ1) is 20.9. The topological polar surface area (TPSA) is 57.0 Å². The molecule has 0 unspecified atom stereocenters. The lowest BCUT2D eigenvalue weighted by Crippen LogP contribution is -2.15. The van der Waals surface area contributed by atoms with Crippen molar-refractivity contribution >= 4 is 29.1 Å². The Morgan fingerprint density at radius 1 is 1.20 bits per heavy atom. The smallest absolute Gasteiger partial charge is 0.192 e. The number of carbonyl (C=O) groups is 1. The summed E-state index contributed by atoms with van der Waals surface area (Å²) < 4.78 is 7.99. The van der Waals surface area contributed by atoms with E-state index in [1.54, 1.807) is 6.07 Å². The molecule has 4 rings (SSSR count). The first-order valence-corrected chi connectivity index (χ1v) is 11.3. The average molecular weight is 442 g/mol. The second kappa shape index (κ2) is 8.82. The van der Waals surface area contributed by atoms with Crippen LogP contribution in [0.2, 0.25) is 5.02 Å². The quantitative estimate of drug-likeness (QED) is 0.325. The number of thioether (sulfide) groups is 1. The fourth-order valence-corrected chi connectivity index (χ4v) is 4.44. The molecule has 1 atom stereocenters. The summed E-state index contributed by atoms with van der Waals surface area (Å²) in [5.41, 5.74) is 3.04. The van der Waals surface area contributed by atoms with Crippen molar-refractivity contribution in [2.75, 3.05) is 0 Å². The Hall–Kier alpha value is -2.31. The highest BCUT2D eigenvalue weighted by Crippen LogP contribution is 2.40. The maximum Gasteiger partial charge on any atom is 0.192 e. The monoisotopic (exact) mass is 441 g/mol. The number of aryl methyl sites for hydroxylation is 2. The molecule has 0 amide bonds. The third-order valence-electron chi connectivity index (χ3n) is 5.28. The van der Waals surface area contributed by atoms with Gasteiger partial charge in [-0.15, -0.1) is 10.2 Å². The van der Waals surface area contributed by atoms with Crippen LogP contribution in [0, 0.1) is 13.8 Å². The van der Waals surface area contributed by atoms with Crippen molar-refractivity contribution in [3.63, 3.8) is 0 Å². The van der Waals surface area contributed by atoms with E-state index in [0.717, 1.165) is 34.9 Å². The van der Waals surface area contributed by atoms with Crippen molar-refractivity contribution < 1.29 is 9.53 Å². The van der Waals surface area contributed by atoms with Gasteiger partial charge < -0.3 is 4.74 Å². The summed E-state index contributed by atoms with van der Waals surface area (Å²) >= 11 is 7.64. The van der Waals surface area contributed by atoms with E-state index in [1.165, 1.54) is 17.3 Å². The van der Waals surface area contributed by atoms with Gasteiger partial charge >= 0.3 is 0 Å². The summed E-state index contributed by atoms with van der Waals surface area (Å²) in [7, 11) is 0. The van der Waals surface area contributed by atoms with E-state index < -0.39 is 0 Å². The summed E-state index contributed by atoms with van der Waals surface area (Å²) in [5, 5.41) is 9.79. The zero-order valence-corrected chi connectivity index (χ0v) is 18.8. The number of benzene rings is 2. The first-order valence-electron chi connectivity index (χ1n) is 10.0. The number of para-hydroxylation sites is 1. The molecular weight excluding hydrogens is 418 g/mol. The van der Waals surface area contributed by atoms with E-state index in [0.29, 0.717) is 16.8 Å². The Bertz CT molecular complexity index is 1080. The van der Waals surface area contributed by atoms with Gasteiger partial charge in [-0.25, -0.2) is 0 Å². The lowest BCUT2D eigenvalue weighted by atomic mass is 10.0. The van der Waals surface area contributed by atoms with Gasteiger partial charge in [-0.05, 0) is 62.9 Å². The highest BCUT2D eigenvalue weighted by Gasteiger charge is 2.31. The SMILES string of the molecule is Cc1ccc(C(=O)[C@@H](C)Sc2nnc(COc3ccccc3Cl)n2C2CC2)cc1C. The molecule has 1 heterocycles. The predicted molar refractivity (Wildman–Crippen MR) is 120 cm³/mol. The van der Waals surface area contributed by atoms with Crippen LogP contribution in [-0.2, 0) is 6.61 Å². The molecule has 0 saturated heterocycles. The van der Waals surface area contributed by atoms with Crippen molar-refractivity contribution in [1.29, 1.82) is 0 Å². The average Bonchev–Trinajstić information content (AvgIpc) is 3.50. The molecule has 156 valence electrons. The number of ketones is 1. The molecule has 1 fully saturated rings. The van der Waals surface area contributed by atoms with Crippen molar-refractivity contribution in [2.45, 2.75) is 56.7 Å². The third-order valence-corrected chi connectivity index (χ3v) is 6.65. The van der Waals surface area contributed by atoms with E-state index in [9.17, 15) is 4.79 Å². The van der Waals surface area contributed by atoms with Gasteiger partial charge in [0.15, 0.2) is 16.8 Å². The Morgan fingerprint density at radius 2 is 1.97 bits per heavy atom. The van der Waals surface area contributed by atoms with Crippen LogP contribution in [0.25, 0.3) is 0 Å². The molecule has 3 aromatic rings. The number of hydrogen-bond donors (Lipinski definition) is 0. The number of nitrogens with zero attached hydrogens (tertiary/aromatic N) is 3. The number of hydrogen-bond acceptors (Lipinski definition) is 5. The van der Waals surface area contributed by atoms with Crippen molar-refractivity contribution in [2.24, 2.45) is 0 Å². The van der Waals surface area contributed by atoms with Crippen LogP contribution in [0.15, 0.2) is 47.6 Å². The molecule has 1 aliphatic carbocycles. The molecule has 0 radical (unpaired) electrons. The van der Waals surface area contributed by atoms with Crippen LogP contribution >= 0.6 is 23.4 Å². The Labute approximate surface area is 185 Å². The van der Waals surface area contributed by atoms with Crippen LogP contribution in [0.1, 0.15) is 53.1 Å². The Balaban J connectivity index is 1.49. The molecular formula is C23H24ClN3O2S. The molecule has 1 aromatic heterocycles. The van der Waals surface area contributed by atoms with Crippen molar-refractivity contribution in [3.8, 4) is 5.75 Å². The standard InChI is InChI=1S/C23H24ClN3O2S/c1-14-8-9-17(12-15(14)2)22(28)16(3)30-23-26-25-21(27(23)18-10-11-18)13-29-20-7-5-4-6-19(20)24/h4-9,12,16,18H,10-11,13H2,1-3H3/t16-/m1/s1. The Morgan fingerprint density at radius 3 is 2.67 bits per heavy atom. The summed E-state index contributed by atoms with van der Waals surface area (Å²) in [5.74, 6) is 1.48. The zero-order chi connectivity index (χ0) is 21.3. The minimum absolute atomic E-state index is 0.0994. The van der Waals surface area contributed by atoms with Crippen molar-refractivity contribution in [3.05, 3.63) is 70.0 Å². The van der Waals surface area contributed by atoms with Gasteiger partial charge in [-0.2, -0.15) is 0 Å². The second-order valence-corrected chi connectivity index (χ2v) is 9.36. The fraction of sp³-hybridized carbons (Fsp3) is 0.348. The van der Waals surface area contributed by atoms with E-state index in [-0.39, 0.29) is 17.6 Å². The van der Waals surface area contributed by atoms with Gasteiger partial charge in [0, 0.05) is 11.6 Å². The molecule has 1 aliphatic rings. The second-order valence-electron chi connectivity index (χ2n) is 7.64. The highest BCUT2D eigenvalue weighted by atomic mass is 35.5. The number of carbonyl (C=O) groups excluding carboxylic acids is 1. The maximum absolute atomic E-state index is 12.9. The van der Waals surface area contributed by atoms with Gasteiger partial charge in [0.2, 0.25) is 0 Å². The van der Waals surface area contributed by atoms with E-state index in [1.807, 2.05) is 57.2 Å². The predicted octanol–water partition coefficient (Wildman–Crippen LogP) is 5.83. The molecule has 5 nitrogen and oxygen atoms in total. The molecule has 7 heteroatoms. The normalized spacial score (nSPS) is 14.5. The number of Topliss-reactive ketones (excluding diaryl/α,β-unsaturated/α-hetero) is 1. The third kappa shape index (κ3) is 4.55. The zero-order valence-electron chi connectivity index (χ0n) is 17.3. The molecule has 2 aromatic carbocycles. The van der Waals surface area contributed by atoms with E-state index >= 15 is 0 Å². The molecule has 0 bridgehead atoms. The summed E-state index contributed by atoms with van der Waals surface area (Å²) in [6, 6.07) is 13.6. The lowest BCUT2D eigenvalue weighted by molar-refractivity contribution is 0.0993. The summed E-state index contributed by atoms with van der Waals surface area (Å²) in [4.78, 5) is 12.9. The molecule has 30 heavy (non-hydrogen) atoms. The van der Waals surface area contributed by atoms with Gasteiger partial charge in [-0.1, -0.05) is 47.6 Å². The number of ether oxygens (including phenoxy) is 1. The molecule has 0 N–H and O–H groups in total. The largest absolute Gasteiger partial charge is 0.484 e. The van der Waals surface area contributed by atoms with E-state index in [2.05, 4.69) is 14.8 Å². The maximum atomic E-state index is 12.9. The lowest BCUT2D eigenvalue weighted by Gasteiger charge is -2.13. The van der Waals surface area contributed by atoms with Gasteiger partial charge in [0.05, 0.1) is 10.3 Å². The number of halogens is 1. The first-order chi connectivity index (χ1) is 14.4. The fourth-order valence-electron chi connectivity index (χ4n) is 3.23. The molecule has 0 aliphatic heterocycles. The molecule has 0 spiro atoms. The molecule has 1 saturated carbocycles. The van der Waals surface area contributed by atoms with Gasteiger partial charge in [0.1, 0.15) is 12.4 Å². The van der Waals surface area contributed by atoms with Crippen LogP contribution in [0.5, 0.6) is 5.75 Å². The van der Waals surface area contributed by atoms with Gasteiger partial charge in [-0.3, -0.25) is 9.36 Å². The van der Waals surface area contributed by atoms with Crippen LogP contribution in [-0.4, -0.2) is 25.8 Å². The van der Waals surface area contributed by atoms with Crippen LogP contribution in [0.4, 0.5) is 0 Å². The summed E-state index contributed by atoms with van der Waals surface area (Å²) in [6.07, 6.45) is 2.17. The highest BCUT2D eigenvalue weighted by molar-refractivity contribution is 8.00. The number of rotatable bonds is 8. The minimum atomic E-state index is -0.258. The van der Waals surface area contributed by atoms with Crippen LogP contribution in [0.3, 0.4) is 0 Å². The van der Waals surface area contributed by atoms with Gasteiger partial charge in [0.25, 0.3) is 0 Å². The minimum Gasteiger partial charge on any atom is -0.484 e. The van der Waals surface area contributed by atoms with Crippen molar-refractivity contribution in [1.82, 2.24) is 14.8 Å². The van der Waals surface area contributed by atoms with Crippen LogP contribution < -0.4 is 4.74 Å². The van der Waals surface area contributed by atoms with E-state index in [4.69, 9.17) is 16.3 Å².